The number of H-pyrrole nitrogens is 3. The zero-order chi connectivity index (χ0) is 81.0. The SMILES string of the molecule is Cc1[c-][nH]c(=S)c2nc(C)n(C)c12.Cc1[c-]nc2c(nc(C)n2C)c1C.Cc1n[c-][nH+]c2nc(C)n(C)c12.Cc1n[c-]c(C)c2c1nc(C)n2C.Cc1n[c-]nc2c1c(C)c(C)n2C.Cc1n[c-]nc2c1nc(C)n2C.Cc1n[c-]nc2c1nnn2C.Cc1nc2c(=S)[nH][c-]nc2n1C.Cc1nnnc2c1nc(C)n2C.[Y].[Y].[Y].[Y].[Y].[Y].[Y].[Y]. The van der Waals surface area contributed by atoms with E-state index in [1.54, 1.807) is 11.7 Å². The van der Waals surface area contributed by atoms with Gasteiger partial charge in [-0.15, -0.1) is 56.9 Å². The van der Waals surface area contributed by atoms with E-state index in [9.17, 15) is 0 Å². The van der Waals surface area contributed by atoms with Gasteiger partial charge in [0.25, 0.3) is 0 Å². The first-order valence-corrected chi connectivity index (χ1v) is 35.6. The molecule has 0 aliphatic carbocycles. The van der Waals surface area contributed by atoms with Gasteiger partial charge in [0.15, 0.2) is 23.4 Å². The fourth-order valence-corrected chi connectivity index (χ4v) is 12.1. The molecule has 0 saturated carbocycles. The maximum Gasteiger partial charge on any atom is 0.186 e. The second-order valence-corrected chi connectivity index (χ2v) is 27.3. The second-order valence-electron chi connectivity index (χ2n) is 26.5. The van der Waals surface area contributed by atoms with Crippen molar-refractivity contribution in [1.82, 2.24) is 162 Å². The van der Waals surface area contributed by atoms with Gasteiger partial charge in [0.1, 0.15) is 11.3 Å². The minimum Gasteiger partial charge on any atom is -0.458 e. The monoisotopic (exact) mass is 2240 g/mol. The van der Waals surface area contributed by atoms with Crippen molar-refractivity contribution in [3.8, 4) is 0 Å². The molecule has 8 radical (unpaired) electrons. The topological polar surface area (TPSA) is 374 Å². The first-order chi connectivity index (χ1) is 52.5. The van der Waals surface area contributed by atoms with E-state index in [1.807, 2.05) is 195 Å². The number of imidazole rings is 7. The van der Waals surface area contributed by atoms with Crippen LogP contribution in [0, 0.1) is 191 Å². The van der Waals surface area contributed by atoms with Crippen LogP contribution in [0.2, 0.25) is 0 Å². The molecule has 18 heterocycles. The van der Waals surface area contributed by atoms with Crippen molar-refractivity contribution >= 4 is 125 Å². The van der Waals surface area contributed by atoms with Crippen molar-refractivity contribution in [3.05, 3.63) is 168 Å². The summed E-state index contributed by atoms with van der Waals surface area (Å²) in [7, 11) is 17.5. The summed E-state index contributed by atoms with van der Waals surface area (Å²) in [4.78, 5) is 79.4. The third-order valence-electron chi connectivity index (χ3n) is 19.3. The maximum absolute atomic E-state index is 5.12. The van der Waals surface area contributed by atoms with Gasteiger partial charge in [0.2, 0.25) is 0 Å². The predicted molar refractivity (Wildman–Crippen MR) is 425 cm³/mol. The van der Waals surface area contributed by atoms with E-state index in [2.05, 4.69) is 206 Å². The van der Waals surface area contributed by atoms with E-state index in [1.165, 1.54) is 22.2 Å². The van der Waals surface area contributed by atoms with Crippen molar-refractivity contribution in [2.24, 2.45) is 63.4 Å². The van der Waals surface area contributed by atoms with Gasteiger partial charge in [-0.3, -0.25) is 29.6 Å². The predicted octanol–water partition coefficient (Wildman–Crippen LogP) is 9.47. The second kappa shape index (κ2) is 48.9. The molecule has 18 rings (SSSR count). The molecule has 0 amide bonds. The van der Waals surface area contributed by atoms with Crippen LogP contribution in [0.5, 0.6) is 0 Å². The molecule has 3 N–H and O–H groups in total. The Hall–Kier alpha value is -3.64. The zero-order valence-corrected chi connectivity index (χ0v) is 96.6. The minimum absolute atomic E-state index is 0. The van der Waals surface area contributed by atoms with E-state index in [0.29, 0.717) is 9.28 Å². The summed E-state index contributed by atoms with van der Waals surface area (Å²) in [6, 6.07) is 0. The van der Waals surface area contributed by atoms with E-state index in [0.717, 1.165) is 186 Å². The summed E-state index contributed by atoms with van der Waals surface area (Å²) < 4.78 is 18.7. The Kier molecular flexibility index (Phi) is 45.8. The number of nitrogens with zero attached hydrogens (tertiary/aromatic N) is 31. The molecule has 34 nitrogen and oxygen atoms in total. The van der Waals surface area contributed by atoms with Crippen LogP contribution in [0.4, 0.5) is 0 Å². The van der Waals surface area contributed by atoms with Gasteiger partial charge in [0.05, 0.1) is 40.5 Å². The molecule has 0 unspecified atom stereocenters. The van der Waals surface area contributed by atoms with Crippen LogP contribution in [0.15, 0.2) is 0 Å². The van der Waals surface area contributed by atoms with Gasteiger partial charge in [-0.1, -0.05) is 97.2 Å². The van der Waals surface area contributed by atoms with Crippen LogP contribution < -0.4 is 4.98 Å². The summed E-state index contributed by atoms with van der Waals surface area (Å²) in [5, 5.41) is 20.2. The smallest absolute Gasteiger partial charge is 0.186 e. The summed E-state index contributed by atoms with van der Waals surface area (Å²) in [6.07, 6.45) is 22.1. The molecular weight excluding hydrogens is 2150 g/mol. The van der Waals surface area contributed by atoms with Crippen molar-refractivity contribution in [1.29, 1.82) is 0 Å². The fraction of sp³-hybridized carbons (Fsp3) is 0.373. The Morgan fingerprint density at radius 3 is 1.26 bits per heavy atom. The average Bonchev–Trinajstić information content (AvgIpc) is 1.56. The minimum atomic E-state index is 0. The van der Waals surface area contributed by atoms with Gasteiger partial charge in [-0.25, -0.2) is 9.97 Å². The summed E-state index contributed by atoms with van der Waals surface area (Å²) in [5.74, 6) is 6.73. The molecule has 0 atom stereocenters. The average molecular weight is 2240 g/mol. The first-order valence-electron chi connectivity index (χ1n) is 34.8. The largest absolute Gasteiger partial charge is 0.458 e. The number of hydrogen-bond donors (Lipinski definition) is 2. The van der Waals surface area contributed by atoms with E-state index >= 15 is 0 Å². The molecule has 600 valence electrons. The van der Waals surface area contributed by atoms with Gasteiger partial charge in [-0.05, 0) is 101 Å². The molecule has 0 aliphatic heterocycles. The number of aromatic nitrogens is 34. The van der Waals surface area contributed by atoms with Crippen molar-refractivity contribution < 1.29 is 267 Å². The first kappa shape index (κ1) is 111. The third kappa shape index (κ3) is 25.0. The summed E-state index contributed by atoms with van der Waals surface area (Å²) >= 11 is 10.1. The molecule has 18 aromatic heterocycles. The Balaban J connectivity index is 0.000000450. The van der Waals surface area contributed by atoms with Crippen LogP contribution >= 0.6 is 24.4 Å². The van der Waals surface area contributed by atoms with Gasteiger partial charge >= 0.3 is 0 Å². The van der Waals surface area contributed by atoms with E-state index in [-0.39, 0.29) is 262 Å². The van der Waals surface area contributed by atoms with E-state index in [4.69, 9.17) is 24.4 Å². The van der Waals surface area contributed by atoms with Crippen LogP contribution in [0.1, 0.15) is 108 Å². The molecule has 0 aliphatic rings. The van der Waals surface area contributed by atoms with Crippen molar-refractivity contribution in [3.63, 3.8) is 0 Å². The molecule has 18 aromatic rings. The molecule has 0 spiro atoms. The van der Waals surface area contributed by atoms with Gasteiger partial charge < -0.3 is 96.3 Å². The van der Waals surface area contributed by atoms with Crippen molar-refractivity contribution in [2.75, 3.05) is 0 Å². The van der Waals surface area contributed by atoms with Gasteiger partial charge in [0, 0.05) is 439 Å². The number of hydrogen-bond acceptors (Lipinski definition) is 24. The number of nitrogens with one attached hydrogen (secondary N) is 3. The normalized spacial score (nSPS) is 10.2. The van der Waals surface area contributed by atoms with Crippen LogP contribution in [-0.2, 0) is 325 Å². The molecule has 0 aromatic carbocycles. The zero-order valence-electron chi connectivity index (χ0n) is 72.3. The van der Waals surface area contributed by atoms with Crippen LogP contribution in [0.25, 0.3) is 100 Å². The fourth-order valence-electron chi connectivity index (χ4n) is 11.7. The molecule has 0 saturated heterocycles. The Bertz CT molecular complexity index is 6550. The Morgan fingerprint density at radius 2 is 0.739 bits per heavy atom. The molecule has 0 fully saturated rings. The Labute approximate surface area is 901 Å². The number of aryl methyl sites for hydroxylation is 27. The quantitative estimate of drug-likeness (QED) is 0.105. The number of rotatable bonds is 0. The summed E-state index contributed by atoms with van der Waals surface area (Å²) in [5.41, 5.74) is 27.5. The van der Waals surface area contributed by atoms with Gasteiger partial charge in [-0.2, -0.15) is 10.1 Å². The van der Waals surface area contributed by atoms with Crippen molar-refractivity contribution in [2.45, 2.75) is 132 Å². The standard InChI is InChI=1S/3C10H12N3.C9H10N3S.C8H10N4.C8H9N4.C7H9N5.C7H7N4S.C6H6N5.8Y/c1-6-8(3)13(4)10-9(6)7(2)11-5-12-10;1-6-5-11-7(2)9-10(6)13(4)8(3)12-9;1-6-5-11-10-9(7(6)2)12-8(3)13(10)4;1-5-4-10-9(13)7-8(5)12(3)6(2)11-7;1-5-7-8(10-4-9-5)11-6(2)12(7)3;1-5-7-8(10-4-9-5)12(3)6(2)11-7;1-4-6-7(10-11-9-4)12(3)5(2)8-6;1-4-10-5-6(11(4)2)8-3-9-7(5)12;1-4-5-6(8-3-7-4)11(2)10-9-5;;;;;;;;/h3*1-4H3;1-3H3,(H,10,13);10H,1-3H3;2*1-3H3;1-2H3,(H,8,9,12);1-2H3;;;;;;;;/q4*-1;;-1;;2*-1;;;;;;;;. The Morgan fingerprint density at radius 1 is 0.311 bits per heavy atom. The number of pyridine rings is 3. The number of aromatic amines is 3. The number of fused-ring (bicyclic) bond motifs is 9. The third-order valence-corrected chi connectivity index (χ3v) is 19.9. The summed E-state index contributed by atoms with van der Waals surface area (Å²) in [6.45, 7) is 37.5. The molecule has 0 bridgehead atoms. The molecule has 119 heavy (non-hydrogen) atoms. The van der Waals surface area contributed by atoms with E-state index < -0.39 is 0 Å². The molecule has 44 heteroatoms. The maximum atomic E-state index is 5.12. The van der Waals surface area contributed by atoms with Crippen LogP contribution in [-0.4, -0.2) is 162 Å². The molecular formula is C75H87N34S2Y8-7. The van der Waals surface area contributed by atoms with Crippen LogP contribution in [0.3, 0.4) is 0 Å².